The monoisotopic (exact) mass is 529 g/mol. The summed E-state index contributed by atoms with van der Waals surface area (Å²) in [4.78, 5) is 36.4. The average Bonchev–Trinajstić information content (AvgIpc) is 2.80. The second kappa shape index (κ2) is 10.8. The van der Waals surface area contributed by atoms with E-state index in [0.717, 1.165) is 0 Å². The zero-order valence-corrected chi connectivity index (χ0v) is 19.5. The molecule has 168 valence electrons. The Balaban J connectivity index is 1.93. The van der Waals surface area contributed by atoms with E-state index in [-0.39, 0.29) is 16.9 Å². The van der Waals surface area contributed by atoms with Crippen LogP contribution in [0.4, 0.5) is 11.4 Å². The van der Waals surface area contributed by atoms with Crippen molar-refractivity contribution in [3.05, 3.63) is 103 Å². The molecule has 0 aliphatic carbocycles. The minimum absolute atomic E-state index is 0.109. The number of carbonyl (C=O) groups is 2. The van der Waals surface area contributed by atoms with Gasteiger partial charge in [-0.1, -0.05) is 23.7 Å². The third-order valence-electron chi connectivity index (χ3n) is 4.40. The van der Waals surface area contributed by atoms with Crippen LogP contribution in [0.2, 0.25) is 5.02 Å². The van der Waals surface area contributed by atoms with Crippen LogP contribution >= 0.6 is 27.5 Å². The summed E-state index contributed by atoms with van der Waals surface area (Å²) in [6, 6.07) is 16.8. The van der Waals surface area contributed by atoms with Crippen LogP contribution in [0.3, 0.4) is 0 Å². The molecule has 0 unspecified atom stereocenters. The summed E-state index contributed by atoms with van der Waals surface area (Å²) in [6.45, 7) is 0. The van der Waals surface area contributed by atoms with E-state index in [4.69, 9.17) is 16.3 Å². The highest BCUT2D eigenvalue weighted by molar-refractivity contribution is 9.10. The van der Waals surface area contributed by atoms with Crippen LogP contribution in [0.15, 0.2) is 76.9 Å². The number of amides is 2. The lowest BCUT2D eigenvalue weighted by molar-refractivity contribution is -0.384. The molecule has 0 atom stereocenters. The van der Waals surface area contributed by atoms with E-state index in [1.54, 1.807) is 48.5 Å². The third kappa shape index (κ3) is 6.41. The molecular weight excluding hydrogens is 514 g/mol. The molecule has 0 heterocycles. The van der Waals surface area contributed by atoms with Crippen LogP contribution < -0.4 is 15.4 Å². The number of hydrogen-bond donors (Lipinski definition) is 2. The molecule has 10 heteroatoms. The maximum absolute atomic E-state index is 13.0. The Bertz CT molecular complexity index is 1250. The number of benzene rings is 3. The molecule has 0 radical (unpaired) electrons. The maximum Gasteiger partial charge on any atom is 0.272 e. The van der Waals surface area contributed by atoms with Gasteiger partial charge in [0, 0.05) is 28.4 Å². The van der Waals surface area contributed by atoms with Gasteiger partial charge in [0.2, 0.25) is 0 Å². The lowest BCUT2D eigenvalue weighted by Gasteiger charge is -2.12. The first kappa shape index (κ1) is 24.0. The van der Waals surface area contributed by atoms with E-state index >= 15 is 0 Å². The summed E-state index contributed by atoms with van der Waals surface area (Å²) in [5, 5.41) is 16.8. The van der Waals surface area contributed by atoms with Crippen LogP contribution in [-0.4, -0.2) is 23.8 Å². The van der Waals surface area contributed by atoms with Crippen molar-refractivity contribution in [2.24, 2.45) is 0 Å². The third-order valence-corrected chi connectivity index (χ3v) is 5.27. The summed E-state index contributed by atoms with van der Waals surface area (Å²) in [5.74, 6) is -0.634. The fourth-order valence-corrected chi connectivity index (χ4v) is 3.45. The first-order valence-electron chi connectivity index (χ1n) is 9.45. The van der Waals surface area contributed by atoms with Crippen LogP contribution in [0.5, 0.6) is 5.75 Å². The van der Waals surface area contributed by atoms with Crippen LogP contribution in [0.1, 0.15) is 15.9 Å². The highest BCUT2D eigenvalue weighted by Crippen LogP contribution is 2.26. The zero-order chi connectivity index (χ0) is 24.0. The van der Waals surface area contributed by atoms with E-state index in [2.05, 4.69) is 26.6 Å². The fourth-order valence-electron chi connectivity index (χ4n) is 2.79. The topological polar surface area (TPSA) is 111 Å². The van der Waals surface area contributed by atoms with Crippen molar-refractivity contribution < 1.29 is 19.2 Å². The zero-order valence-electron chi connectivity index (χ0n) is 17.2. The SMILES string of the molecule is COc1ccc(C(=O)NC(=Cc2cccc([N+](=O)[O-])c2)C(=O)Nc2ccc(Cl)cc2)cc1Br. The molecule has 2 N–H and O–H groups in total. The van der Waals surface area contributed by atoms with Gasteiger partial charge in [0.15, 0.2) is 0 Å². The van der Waals surface area contributed by atoms with Gasteiger partial charge in [-0.3, -0.25) is 19.7 Å². The number of nitrogens with zero attached hydrogens (tertiary/aromatic N) is 1. The van der Waals surface area contributed by atoms with Gasteiger partial charge in [0.1, 0.15) is 11.4 Å². The highest BCUT2D eigenvalue weighted by atomic mass is 79.9. The van der Waals surface area contributed by atoms with Gasteiger partial charge in [0.25, 0.3) is 17.5 Å². The van der Waals surface area contributed by atoms with E-state index in [9.17, 15) is 19.7 Å². The van der Waals surface area contributed by atoms with Gasteiger partial charge in [-0.15, -0.1) is 0 Å². The van der Waals surface area contributed by atoms with Crippen molar-refractivity contribution >= 4 is 56.8 Å². The van der Waals surface area contributed by atoms with Crippen molar-refractivity contribution in [3.8, 4) is 5.75 Å². The summed E-state index contributed by atoms with van der Waals surface area (Å²) < 4.78 is 5.73. The smallest absolute Gasteiger partial charge is 0.272 e. The van der Waals surface area contributed by atoms with E-state index in [1.165, 1.54) is 31.4 Å². The molecule has 2 amide bonds. The lowest BCUT2D eigenvalue weighted by Crippen LogP contribution is -2.30. The second-order valence-electron chi connectivity index (χ2n) is 6.67. The Hall–Kier alpha value is -3.69. The molecule has 0 aliphatic rings. The minimum atomic E-state index is -0.621. The fraction of sp³-hybridized carbons (Fsp3) is 0.0435. The molecule has 0 saturated carbocycles. The molecule has 3 aromatic carbocycles. The van der Waals surface area contributed by atoms with Gasteiger partial charge >= 0.3 is 0 Å². The Morgan fingerprint density at radius 1 is 1.09 bits per heavy atom. The number of nitro benzene ring substituents is 1. The molecule has 0 aliphatic heterocycles. The molecule has 3 rings (SSSR count). The number of halogens is 2. The second-order valence-corrected chi connectivity index (χ2v) is 7.97. The normalized spacial score (nSPS) is 10.9. The number of rotatable bonds is 7. The van der Waals surface area contributed by atoms with Crippen LogP contribution in [-0.2, 0) is 4.79 Å². The van der Waals surface area contributed by atoms with E-state index < -0.39 is 16.7 Å². The molecule has 0 spiro atoms. The van der Waals surface area contributed by atoms with Gasteiger partial charge in [0.05, 0.1) is 16.5 Å². The molecule has 0 fully saturated rings. The van der Waals surface area contributed by atoms with Crippen LogP contribution in [0, 0.1) is 10.1 Å². The quantitative estimate of drug-likeness (QED) is 0.240. The predicted molar refractivity (Wildman–Crippen MR) is 129 cm³/mol. The number of ether oxygens (including phenoxy) is 1. The van der Waals surface area contributed by atoms with E-state index in [1.807, 2.05) is 0 Å². The Morgan fingerprint density at radius 2 is 1.82 bits per heavy atom. The minimum Gasteiger partial charge on any atom is -0.496 e. The summed E-state index contributed by atoms with van der Waals surface area (Å²) in [7, 11) is 1.50. The highest BCUT2D eigenvalue weighted by Gasteiger charge is 2.17. The number of nitro groups is 1. The summed E-state index contributed by atoms with van der Waals surface area (Å²) in [5.41, 5.74) is 0.832. The number of anilines is 1. The molecule has 0 bridgehead atoms. The van der Waals surface area contributed by atoms with Crippen molar-refractivity contribution in [2.75, 3.05) is 12.4 Å². The lowest BCUT2D eigenvalue weighted by atomic mass is 10.1. The molecule has 0 aromatic heterocycles. The van der Waals surface area contributed by atoms with Crippen LogP contribution in [0.25, 0.3) is 6.08 Å². The molecule has 8 nitrogen and oxygen atoms in total. The number of non-ortho nitro benzene ring substituents is 1. The molecule has 0 saturated heterocycles. The molecular formula is C23H17BrClN3O5. The van der Waals surface area contributed by atoms with Crippen molar-refractivity contribution in [2.45, 2.75) is 0 Å². The van der Waals surface area contributed by atoms with Gasteiger partial charge in [-0.05, 0) is 70.0 Å². The predicted octanol–water partition coefficient (Wildman–Crippen LogP) is 5.43. The number of nitrogens with one attached hydrogen (secondary N) is 2. The van der Waals surface area contributed by atoms with Crippen molar-refractivity contribution in [3.63, 3.8) is 0 Å². The van der Waals surface area contributed by atoms with Gasteiger partial charge in [-0.2, -0.15) is 0 Å². The number of methoxy groups -OCH3 is 1. The van der Waals surface area contributed by atoms with Gasteiger partial charge in [-0.25, -0.2) is 0 Å². The van der Waals surface area contributed by atoms with Gasteiger partial charge < -0.3 is 15.4 Å². The maximum atomic E-state index is 13.0. The number of hydrogen-bond acceptors (Lipinski definition) is 5. The Labute approximate surface area is 202 Å². The Kier molecular flexibility index (Phi) is 7.81. The summed E-state index contributed by atoms with van der Waals surface area (Å²) >= 11 is 9.20. The first-order chi connectivity index (χ1) is 15.8. The number of carbonyl (C=O) groups excluding carboxylic acids is 2. The molecule has 33 heavy (non-hydrogen) atoms. The largest absolute Gasteiger partial charge is 0.496 e. The standard InChI is InChI=1S/C23H17BrClN3O5/c1-33-21-10-5-15(13-19(21)24)22(29)27-20(12-14-3-2-4-18(11-14)28(31)32)23(30)26-17-8-6-16(25)7-9-17/h2-13H,1H3,(H,26,30)(H,27,29). The molecule has 3 aromatic rings. The van der Waals surface area contributed by atoms with Crippen molar-refractivity contribution in [1.29, 1.82) is 0 Å². The average molecular weight is 531 g/mol. The summed E-state index contributed by atoms with van der Waals surface area (Å²) in [6.07, 6.45) is 1.36. The van der Waals surface area contributed by atoms with Crippen molar-refractivity contribution in [1.82, 2.24) is 5.32 Å². The Morgan fingerprint density at radius 3 is 2.45 bits per heavy atom. The first-order valence-corrected chi connectivity index (χ1v) is 10.6. The van der Waals surface area contributed by atoms with E-state index in [0.29, 0.717) is 26.5 Å².